The predicted octanol–water partition coefficient (Wildman–Crippen LogP) is 2.91. The van der Waals surface area contributed by atoms with Gasteiger partial charge in [-0.1, -0.05) is 12.8 Å². The summed E-state index contributed by atoms with van der Waals surface area (Å²) in [5.74, 6) is 0.483. The zero-order valence-corrected chi connectivity index (χ0v) is 12.8. The van der Waals surface area contributed by atoms with Crippen molar-refractivity contribution in [1.82, 2.24) is 9.55 Å². The van der Waals surface area contributed by atoms with Gasteiger partial charge in [0.2, 0.25) is 0 Å². The lowest BCUT2D eigenvalue weighted by atomic mass is 10.1. The molecule has 1 N–H and O–H groups in total. The van der Waals surface area contributed by atoms with E-state index in [-0.39, 0.29) is 16.3 Å². The van der Waals surface area contributed by atoms with Gasteiger partial charge >= 0.3 is 0 Å². The highest BCUT2D eigenvalue weighted by Crippen LogP contribution is 2.39. The molecule has 4 nitrogen and oxygen atoms in total. The minimum absolute atomic E-state index is 0.0215. The number of anilines is 1. The van der Waals surface area contributed by atoms with E-state index in [0.29, 0.717) is 5.82 Å². The molecule has 106 valence electrons. The summed E-state index contributed by atoms with van der Waals surface area (Å²) < 4.78 is 2.00. The van der Waals surface area contributed by atoms with Crippen LogP contribution in [0.1, 0.15) is 45.6 Å². The quantitative estimate of drug-likeness (QED) is 0.901. The summed E-state index contributed by atoms with van der Waals surface area (Å²) in [7, 11) is 0. The number of thioether (sulfide) groups is 1. The third kappa shape index (κ3) is 3.14. The van der Waals surface area contributed by atoms with E-state index in [0.717, 1.165) is 6.54 Å². The molecular weight excluding hydrogens is 258 g/mol. The van der Waals surface area contributed by atoms with Crippen molar-refractivity contribution in [2.24, 2.45) is 0 Å². The van der Waals surface area contributed by atoms with Crippen molar-refractivity contribution in [3.63, 3.8) is 0 Å². The maximum absolute atomic E-state index is 12.2. The van der Waals surface area contributed by atoms with E-state index >= 15 is 0 Å². The molecule has 2 rings (SSSR count). The zero-order chi connectivity index (χ0) is 13.9. The van der Waals surface area contributed by atoms with Gasteiger partial charge in [-0.25, -0.2) is 4.98 Å². The second-order valence-electron chi connectivity index (χ2n) is 5.53. The molecule has 0 radical (unpaired) electrons. The standard InChI is InChI=1S/C14H23N3OS/c1-11(2)17-9-8-15-12(13(17)18)16-10-14(19-3)6-4-5-7-14/h8-9,11H,4-7,10H2,1-3H3,(H,15,16). The normalized spacial score (nSPS) is 17.9. The van der Waals surface area contributed by atoms with Crippen LogP contribution >= 0.6 is 11.8 Å². The molecule has 0 aliphatic heterocycles. The van der Waals surface area contributed by atoms with Crippen LogP contribution in [0.4, 0.5) is 5.82 Å². The summed E-state index contributed by atoms with van der Waals surface area (Å²) >= 11 is 1.92. The molecule has 1 fully saturated rings. The molecule has 0 aromatic carbocycles. The predicted molar refractivity (Wildman–Crippen MR) is 82.1 cm³/mol. The van der Waals surface area contributed by atoms with E-state index in [1.165, 1.54) is 25.7 Å². The Labute approximate surface area is 119 Å². The highest BCUT2D eigenvalue weighted by Gasteiger charge is 2.32. The number of rotatable bonds is 5. The van der Waals surface area contributed by atoms with Crippen molar-refractivity contribution in [1.29, 1.82) is 0 Å². The highest BCUT2D eigenvalue weighted by molar-refractivity contribution is 8.00. The van der Waals surface area contributed by atoms with Crippen LogP contribution in [0, 0.1) is 0 Å². The lowest BCUT2D eigenvalue weighted by Crippen LogP contribution is -2.33. The molecule has 19 heavy (non-hydrogen) atoms. The summed E-state index contributed by atoms with van der Waals surface area (Å²) in [5, 5.41) is 3.28. The first-order valence-corrected chi connectivity index (χ1v) is 8.17. The molecule has 1 aliphatic rings. The van der Waals surface area contributed by atoms with Gasteiger partial charge in [0.05, 0.1) is 0 Å². The summed E-state index contributed by atoms with van der Waals surface area (Å²) in [6.07, 6.45) is 10.7. The average molecular weight is 281 g/mol. The van der Waals surface area contributed by atoms with Gasteiger partial charge in [0.15, 0.2) is 5.82 Å². The van der Waals surface area contributed by atoms with Gasteiger partial charge in [-0.05, 0) is 32.9 Å². The number of hydrogen-bond donors (Lipinski definition) is 1. The Morgan fingerprint density at radius 2 is 2.16 bits per heavy atom. The molecule has 0 bridgehead atoms. The van der Waals surface area contributed by atoms with Gasteiger partial charge in [-0.2, -0.15) is 11.8 Å². The number of nitrogens with one attached hydrogen (secondary N) is 1. The fraction of sp³-hybridized carbons (Fsp3) is 0.714. The fourth-order valence-corrected chi connectivity index (χ4v) is 3.58. The molecular formula is C14H23N3OS. The largest absolute Gasteiger partial charge is 0.364 e. The minimum atomic E-state index is -0.0215. The van der Waals surface area contributed by atoms with Crippen LogP contribution in [0.5, 0.6) is 0 Å². The first-order chi connectivity index (χ1) is 9.08. The third-order valence-electron chi connectivity index (χ3n) is 3.95. The van der Waals surface area contributed by atoms with Crippen molar-refractivity contribution in [3.8, 4) is 0 Å². The zero-order valence-electron chi connectivity index (χ0n) is 12.0. The van der Waals surface area contributed by atoms with E-state index in [1.807, 2.05) is 25.6 Å². The number of hydrogen-bond acceptors (Lipinski definition) is 4. The molecule has 1 saturated carbocycles. The van der Waals surface area contributed by atoms with Gasteiger partial charge in [-0.15, -0.1) is 0 Å². The van der Waals surface area contributed by atoms with E-state index in [2.05, 4.69) is 16.6 Å². The van der Waals surface area contributed by atoms with Crippen molar-refractivity contribution >= 4 is 17.6 Å². The van der Waals surface area contributed by atoms with E-state index in [9.17, 15) is 4.79 Å². The molecule has 0 spiro atoms. The number of aromatic nitrogens is 2. The minimum Gasteiger partial charge on any atom is -0.364 e. The topological polar surface area (TPSA) is 46.9 Å². The first kappa shape index (κ1) is 14.4. The maximum atomic E-state index is 12.2. The van der Waals surface area contributed by atoms with Crippen molar-refractivity contribution in [2.45, 2.75) is 50.3 Å². The second kappa shape index (κ2) is 5.99. The maximum Gasteiger partial charge on any atom is 0.293 e. The van der Waals surface area contributed by atoms with Crippen LogP contribution in [0.2, 0.25) is 0 Å². The van der Waals surface area contributed by atoms with Crippen molar-refractivity contribution < 1.29 is 0 Å². The van der Waals surface area contributed by atoms with Gasteiger partial charge in [-0.3, -0.25) is 4.79 Å². The van der Waals surface area contributed by atoms with Crippen LogP contribution < -0.4 is 10.9 Å². The van der Waals surface area contributed by atoms with Gasteiger partial charge in [0.1, 0.15) is 0 Å². The van der Waals surface area contributed by atoms with Crippen molar-refractivity contribution in [3.05, 3.63) is 22.7 Å². The van der Waals surface area contributed by atoms with E-state index < -0.39 is 0 Å². The Morgan fingerprint density at radius 1 is 1.47 bits per heavy atom. The van der Waals surface area contributed by atoms with Crippen LogP contribution in [-0.2, 0) is 0 Å². The first-order valence-electron chi connectivity index (χ1n) is 6.94. The average Bonchev–Trinajstić information content (AvgIpc) is 2.87. The molecule has 1 heterocycles. The molecule has 1 aromatic rings. The van der Waals surface area contributed by atoms with Crippen LogP contribution in [0.3, 0.4) is 0 Å². The Balaban J connectivity index is 2.11. The highest BCUT2D eigenvalue weighted by atomic mass is 32.2. The molecule has 0 unspecified atom stereocenters. The van der Waals surface area contributed by atoms with Gasteiger partial charge in [0, 0.05) is 29.7 Å². The Bertz CT molecular complexity index is 478. The third-order valence-corrected chi connectivity index (χ3v) is 5.37. The Morgan fingerprint density at radius 3 is 2.74 bits per heavy atom. The summed E-state index contributed by atoms with van der Waals surface area (Å²) in [6, 6.07) is 0.164. The second-order valence-corrected chi connectivity index (χ2v) is 6.80. The monoisotopic (exact) mass is 281 g/mol. The van der Waals surface area contributed by atoms with Gasteiger partial charge < -0.3 is 9.88 Å². The molecule has 0 atom stereocenters. The summed E-state index contributed by atoms with van der Waals surface area (Å²) in [6.45, 7) is 4.84. The SMILES string of the molecule is CSC1(CNc2nccn(C(C)C)c2=O)CCCC1. The van der Waals surface area contributed by atoms with Gasteiger partial charge in [0.25, 0.3) is 5.56 Å². The fourth-order valence-electron chi connectivity index (χ4n) is 2.67. The van der Waals surface area contributed by atoms with E-state index in [1.54, 1.807) is 17.0 Å². The van der Waals surface area contributed by atoms with Crippen molar-refractivity contribution in [2.75, 3.05) is 18.1 Å². The summed E-state index contributed by atoms with van der Waals surface area (Å²) in [5.41, 5.74) is -0.0215. The Kier molecular flexibility index (Phi) is 4.55. The lowest BCUT2D eigenvalue weighted by Gasteiger charge is -2.27. The molecule has 1 aliphatic carbocycles. The van der Waals surface area contributed by atoms with Crippen LogP contribution in [0.25, 0.3) is 0 Å². The van der Waals surface area contributed by atoms with Crippen LogP contribution in [-0.4, -0.2) is 27.1 Å². The molecule has 0 amide bonds. The number of nitrogens with zero attached hydrogens (tertiary/aromatic N) is 2. The van der Waals surface area contributed by atoms with E-state index in [4.69, 9.17) is 0 Å². The smallest absolute Gasteiger partial charge is 0.293 e. The molecule has 1 aromatic heterocycles. The Hall–Kier alpha value is -0.970. The summed E-state index contributed by atoms with van der Waals surface area (Å²) in [4.78, 5) is 16.4. The molecule has 5 heteroatoms. The van der Waals surface area contributed by atoms with Crippen LogP contribution in [0.15, 0.2) is 17.2 Å². The molecule has 0 saturated heterocycles. The lowest BCUT2D eigenvalue weighted by molar-refractivity contribution is 0.573.